The van der Waals surface area contributed by atoms with Crippen LogP contribution in [0.4, 0.5) is 0 Å². The molecule has 0 heterocycles. The number of ketones is 1. The van der Waals surface area contributed by atoms with Gasteiger partial charge in [-0.1, -0.05) is 35.9 Å². The number of halogens is 1. The highest BCUT2D eigenvalue weighted by Crippen LogP contribution is 2.32. The number of benzene rings is 1. The average Bonchev–Trinajstić information content (AvgIpc) is 2.28. The van der Waals surface area contributed by atoms with E-state index < -0.39 is 0 Å². The van der Waals surface area contributed by atoms with Gasteiger partial charge in [0.15, 0.2) is 5.78 Å². The van der Waals surface area contributed by atoms with E-state index in [1.165, 1.54) is 0 Å². The van der Waals surface area contributed by atoms with Crippen molar-refractivity contribution in [1.29, 1.82) is 0 Å². The van der Waals surface area contributed by atoms with E-state index in [0.717, 1.165) is 30.4 Å². The first-order valence-corrected chi connectivity index (χ1v) is 6.04. The highest BCUT2D eigenvalue weighted by atomic mass is 35.5. The number of carbonyl (C=O) groups excluding carboxylic acids is 1. The van der Waals surface area contributed by atoms with Gasteiger partial charge in [0.1, 0.15) is 0 Å². The van der Waals surface area contributed by atoms with Gasteiger partial charge in [0, 0.05) is 11.5 Å². The number of carbonyl (C=O) groups is 1. The molecule has 0 aromatic heterocycles. The second kappa shape index (κ2) is 4.84. The third-order valence-corrected chi connectivity index (χ3v) is 3.45. The fourth-order valence-corrected chi connectivity index (χ4v) is 2.53. The van der Waals surface area contributed by atoms with Gasteiger partial charge in [-0.3, -0.25) is 4.79 Å². The highest BCUT2D eigenvalue weighted by molar-refractivity contribution is 6.34. The molecule has 0 aliphatic heterocycles. The van der Waals surface area contributed by atoms with E-state index in [0.29, 0.717) is 5.02 Å². The molecule has 0 radical (unpaired) electrons. The van der Waals surface area contributed by atoms with Crippen molar-refractivity contribution in [3.8, 4) is 0 Å². The minimum atomic E-state index is 0.114. The average molecular weight is 235 g/mol. The number of Topliss-reactive ketones (excluding diaryl/α,β-unsaturated/α-hetero) is 1. The maximum absolute atomic E-state index is 12.2. The standard InChI is InChI=1S/C14H15ClO/c1-2-3-5-11-9-8-10-6-4-7-12(15)13(10)14(11)16/h2-4,6-7,11H,5,8-9H2,1H3/t11-/m0/s1. The Morgan fingerprint density at radius 1 is 1.50 bits per heavy atom. The van der Waals surface area contributed by atoms with Gasteiger partial charge in [-0.2, -0.15) is 0 Å². The highest BCUT2D eigenvalue weighted by Gasteiger charge is 2.27. The normalized spacial score (nSPS) is 20.1. The van der Waals surface area contributed by atoms with Crippen molar-refractivity contribution in [1.82, 2.24) is 0 Å². The number of hydrogen-bond donors (Lipinski definition) is 0. The van der Waals surface area contributed by atoms with Crippen molar-refractivity contribution in [3.05, 3.63) is 46.5 Å². The van der Waals surface area contributed by atoms with Crippen molar-refractivity contribution in [2.24, 2.45) is 5.92 Å². The van der Waals surface area contributed by atoms with Crippen LogP contribution in [-0.2, 0) is 6.42 Å². The van der Waals surface area contributed by atoms with Crippen molar-refractivity contribution in [2.45, 2.75) is 26.2 Å². The molecule has 0 amide bonds. The summed E-state index contributed by atoms with van der Waals surface area (Å²) >= 11 is 6.10. The Hall–Kier alpha value is -1.08. The predicted molar refractivity (Wildman–Crippen MR) is 67.0 cm³/mol. The number of allylic oxidation sites excluding steroid dienone is 2. The Kier molecular flexibility index (Phi) is 3.45. The zero-order valence-corrected chi connectivity index (χ0v) is 10.1. The lowest BCUT2D eigenvalue weighted by atomic mass is 9.81. The molecule has 1 nitrogen and oxygen atoms in total. The predicted octanol–water partition coefficient (Wildman–Crippen LogP) is 4.05. The first kappa shape index (κ1) is 11.4. The van der Waals surface area contributed by atoms with Crippen molar-refractivity contribution in [2.75, 3.05) is 0 Å². The number of rotatable bonds is 2. The monoisotopic (exact) mass is 234 g/mol. The van der Waals surface area contributed by atoms with E-state index in [4.69, 9.17) is 11.6 Å². The van der Waals surface area contributed by atoms with Crippen LogP contribution in [0.25, 0.3) is 0 Å². The molecule has 0 bridgehead atoms. The summed E-state index contributed by atoms with van der Waals surface area (Å²) in [5.41, 5.74) is 1.86. The van der Waals surface area contributed by atoms with Crippen LogP contribution in [0.5, 0.6) is 0 Å². The minimum absolute atomic E-state index is 0.114. The van der Waals surface area contributed by atoms with E-state index in [9.17, 15) is 4.79 Å². The van der Waals surface area contributed by atoms with Gasteiger partial charge in [0.25, 0.3) is 0 Å². The zero-order valence-electron chi connectivity index (χ0n) is 9.37. The van der Waals surface area contributed by atoms with E-state index in [2.05, 4.69) is 6.08 Å². The van der Waals surface area contributed by atoms with Gasteiger partial charge in [-0.05, 0) is 37.8 Å². The Morgan fingerprint density at radius 2 is 2.31 bits per heavy atom. The summed E-state index contributed by atoms with van der Waals surface area (Å²) in [5, 5.41) is 0.604. The van der Waals surface area contributed by atoms with Crippen LogP contribution in [0.15, 0.2) is 30.4 Å². The molecule has 2 rings (SSSR count). The molecule has 84 valence electrons. The zero-order chi connectivity index (χ0) is 11.5. The van der Waals surface area contributed by atoms with Gasteiger partial charge < -0.3 is 0 Å². The maximum atomic E-state index is 12.2. The van der Waals surface area contributed by atoms with Crippen molar-refractivity contribution >= 4 is 17.4 Å². The molecule has 0 saturated heterocycles. The first-order chi connectivity index (χ1) is 7.74. The molecular weight excluding hydrogens is 220 g/mol. The molecule has 2 heteroatoms. The molecule has 16 heavy (non-hydrogen) atoms. The number of aryl methyl sites for hydroxylation is 1. The molecule has 0 spiro atoms. The summed E-state index contributed by atoms with van der Waals surface area (Å²) in [5.74, 6) is 0.327. The van der Waals surface area contributed by atoms with Crippen LogP contribution in [0, 0.1) is 5.92 Å². The maximum Gasteiger partial charge on any atom is 0.168 e. The van der Waals surface area contributed by atoms with Gasteiger partial charge in [-0.15, -0.1) is 0 Å². The number of hydrogen-bond acceptors (Lipinski definition) is 1. The van der Waals surface area contributed by atoms with E-state index in [1.54, 1.807) is 6.07 Å². The quantitative estimate of drug-likeness (QED) is 0.706. The smallest absolute Gasteiger partial charge is 0.168 e. The summed E-state index contributed by atoms with van der Waals surface area (Å²) in [4.78, 5) is 12.2. The molecule has 1 aliphatic carbocycles. The molecule has 0 unspecified atom stereocenters. The topological polar surface area (TPSA) is 17.1 Å². The second-order valence-electron chi connectivity index (χ2n) is 4.18. The summed E-state index contributed by atoms with van der Waals surface area (Å²) in [6.07, 6.45) is 6.79. The van der Waals surface area contributed by atoms with Gasteiger partial charge in [0.05, 0.1) is 5.02 Å². The molecule has 1 atom stereocenters. The molecule has 1 aliphatic rings. The van der Waals surface area contributed by atoms with Gasteiger partial charge >= 0.3 is 0 Å². The molecule has 0 N–H and O–H groups in total. The van der Waals surface area contributed by atoms with Crippen LogP contribution in [0.1, 0.15) is 35.7 Å². The second-order valence-corrected chi connectivity index (χ2v) is 4.59. The van der Waals surface area contributed by atoms with E-state index in [-0.39, 0.29) is 11.7 Å². The summed E-state index contributed by atoms with van der Waals surface area (Å²) in [7, 11) is 0. The molecule has 1 aromatic carbocycles. The lowest BCUT2D eigenvalue weighted by molar-refractivity contribution is 0.0903. The van der Waals surface area contributed by atoms with Gasteiger partial charge in [-0.25, -0.2) is 0 Å². The largest absolute Gasteiger partial charge is 0.294 e. The van der Waals surface area contributed by atoms with E-state index in [1.807, 2.05) is 25.1 Å². The van der Waals surface area contributed by atoms with E-state index >= 15 is 0 Å². The Labute approximate surface area is 101 Å². The van der Waals surface area contributed by atoms with Crippen LogP contribution in [0.2, 0.25) is 5.02 Å². The van der Waals surface area contributed by atoms with Crippen LogP contribution >= 0.6 is 11.6 Å². The molecule has 0 fully saturated rings. The number of fused-ring (bicyclic) bond motifs is 1. The van der Waals surface area contributed by atoms with Crippen molar-refractivity contribution in [3.63, 3.8) is 0 Å². The Morgan fingerprint density at radius 3 is 3.06 bits per heavy atom. The third-order valence-electron chi connectivity index (χ3n) is 3.14. The summed E-state index contributed by atoms with van der Waals surface area (Å²) < 4.78 is 0. The fourth-order valence-electron chi connectivity index (χ4n) is 2.24. The molecular formula is C14H15ClO. The first-order valence-electron chi connectivity index (χ1n) is 5.66. The van der Waals surface area contributed by atoms with Crippen molar-refractivity contribution < 1.29 is 4.79 Å². The third kappa shape index (κ3) is 2.05. The van der Waals surface area contributed by atoms with Gasteiger partial charge in [0.2, 0.25) is 0 Å². The molecule has 1 aromatic rings. The molecule has 0 saturated carbocycles. The van der Waals surface area contributed by atoms with Crippen LogP contribution < -0.4 is 0 Å². The Bertz CT molecular complexity index is 434. The summed E-state index contributed by atoms with van der Waals surface area (Å²) in [6.45, 7) is 1.98. The lowest BCUT2D eigenvalue weighted by Gasteiger charge is -2.23. The summed E-state index contributed by atoms with van der Waals surface area (Å²) in [6, 6.07) is 5.72. The Balaban J connectivity index is 2.31. The fraction of sp³-hybridized carbons (Fsp3) is 0.357. The minimum Gasteiger partial charge on any atom is -0.294 e. The van der Waals surface area contributed by atoms with Crippen LogP contribution in [-0.4, -0.2) is 5.78 Å². The SMILES string of the molecule is CC=CC[C@H]1CCc2cccc(Cl)c2C1=O. The lowest BCUT2D eigenvalue weighted by Crippen LogP contribution is -2.22. The van der Waals surface area contributed by atoms with Crippen LogP contribution in [0.3, 0.4) is 0 Å².